The fraction of sp³-hybridized carbons (Fsp3) is 0.542. The van der Waals surface area contributed by atoms with Crippen molar-refractivity contribution in [3.63, 3.8) is 0 Å². The van der Waals surface area contributed by atoms with E-state index in [1.807, 2.05) is 38.8 Å². The summed E-state index contributed by atoms with van der Waals surface area (Å²) >= 11 is 0. The van der Waals surface area contributed by atoms with Gasteiger partial charge in [-0.25, -0.2) is 4.39 Å². The molecule has 0 saturated carbocycles. The topological polar surface area (TPSA) is 62.2 Å². The van der Waals surface area contributed by atoms with Gasteiger partial charge in [0.1, 0.15) is 11.5 Å². The minimum absolute atomic E-state index is 0.0810. The Hall–Kier alpha value is -2.16. The molecule has 0 aromatic heterocycles. The second-order valence-corrected chi connectivity index (χ2v) is 10.1. The molecule has 3 heterocycles. The molecule has 1 aromatic rings. The molecule has 0 amide bonds. The molecular formula is C24H30BFN2O4. The van der Waals surface area contributed by atoms with Gasteiger partial charge in [0.25, 0.3) is 0 Å². The van der Waals surface area contributed by atoms with Gasteiger partial charge in [0.05, 0.1) is 17.8 Å². The fourth-order valence-corrected chi connectivity index (χ4v) is 5.10. The molecule has 8 heteroatoms. The van der Waals surface area contributed by atoms with E-state index in [1.54, 1.807) is 0 Å². The number of anilines is 1. The molecule has 170 valence electrons. The number of carbonyl (C=O) groups excluding carboxylic acids is 1. The molecule has 0 radical (unpaired) electrons. The quantitative estimate of drug-likeness (QED) is 0.730. The Morgan fingerprint density at radius 2 is 1.78 bits per heavy atom. The predicted molar refractivity (Wildman–Crippen MR) is 121 cm³/mol. The first-order valence-corrected chi connectivity index (χ1v) is 11.4. The number of benzene rings is 1. The largest absolute Gasteiger partial charge is 0.495 e. The number of allylic oxidation sites excluding steroid dienone is 2. The number of ketones is 1. The lowest BCUT2D eigenvalue weighted by Gasteiger charge is -2.35. The summed E-state index contributed by atoms with van der Waals surface area (Å²) in [5.74, 6) is -0.351. The van der Waals surface area contributed by atoms with Gasteiger partial charge >= 0.3 is 7.12 Å². The van der Waals surface area contributed by atoms with E-state index in [4.69, 9.17) is 9.31 Å². The van der Waals surface area contributed by atoms with Crippen molar-refractivity contribution in [2.75, 3.05) is 18.0 Å². The molecular weight excluding hydrogens is 410 g/mol. The van der Waals surface area contributed by atoms with Crippen molar-refractivity contribution in [2.45, 2.75) is 71.2 Å². The van der Waals surface area contributed by atoms with Crippen molar-refractivity contribution in [3.05, 3.63) is 46.7 Å². The lowest BCUT2D eigenvalue weighted by Crippen LogP contribution is -2.41. The molecule has 5 rings (SSSR count). The molecule has 1 aromatic carbocycles. The molecule has 1 fully saturated rings. The van der Waals surface area contributed by atoms with Crippen molar-refractivity contribution in [1.82, 2.24) is 4.90 Å². The third-order valence-corrected chi connectivity index (χ3v) is 7.61. The SMILES string of the molecule is CC1(C)OB(c2cc(F)cc(N3C=C4C(=O)C5=C(CCCC5)N4CC3)c2CO)OC1(C)C. The maximum atomic E-state index is 14.8. The van der Waals surface area contributed by atoms with Gasteiger partial charge in [0, 0.05) is 41.8 Å². The van der Waals surface area contributed by atoms with Crippen molar-refractivity contribution in [2.24, 2.45) is 0 Å². The van der Waals surface area contributed by atoms with Crippen LogP contribution in [-0.4, -0.2) is 47.2 Å². The summed E-state index contributed by atoms with van der Waals surface area (Å²) < 4.78 is 27.1. The number of aliphatic hydroxyl groups is 1. The van der Waals surface area contributed by atoms with E-state index in [0.717, 1.165) is 37.0 Å². The summed E-state index contributed by atoms with van der Waals surface area (Å²) in [6, 6.07) is 2.79. The predicted octanol–water partition coefficient (Wildman–Crippen LogP) is 2.99. The monoisotopic (exact) mass is 440 g/mol. The highest BCUT2D eigenvalue weighted by Gasteiger charge is 2.52. The van der Waals surface area contributed by atoms with Crippen LogP contribution in [0.2, 0.25) is 0 Å². The zero-order chi connectivity index (χ0) is 22.8. The molecule has 0 spiro atoms. The molecule has 4 aliphatic rings. The van der Waals surface area contributed by atoms with Gasteiger partial charge < -0.3 is 24.2 Å². The van der Waals surface area contributed by atoms with Crippen LogP contribution in [0.15, 0.2) is 35.3 Å². The lowest BCUT2D eigenvalue weighted by atomic mass is 9.75. The first kappa shape index (κ1) is 21.7. The maximum Gasteiger partial charge on any atom is 0.495 e. The standard InChI is InChI=1S/C24H30BFN2O4/c1-23(2)24(3,4)32-25(31-23)18-11-15(26)12-20(17(18)14-29)27-9-10-28-19-8-6-5-7-16(19)22(30)21(28)13-27/h11-13,29H,5-10,14H2,1-4H3. The van der Waals surface area contributed by atoms with E-state index in [0.29, 0.717) is 35.5 Å². The molecule has 3 aliphatic heterocycles. The summed E-state index contributed by atoms with van der Waals surface area (Å²) in [7, 11) is -0.785. The van der Waals surface area contributed by atoms with Crippen LogP contribution in [0.25, 0.3) is 0 Å². The lowest BCUT2D eigenvalue weighted by molar-refractivity contribution is -0.112. The number of aliphatic hydroxyl groups excluding tert-OH is 1. The molecule has 0 unspecified atom stereocenters. The average molecular weight is 440 g/mol. The van der Waals surface area contributed by atoms with Crippen LogP contribution in [0.3, 0.4) is 0 Å². The Bertz CT molecular complexity index is 1030. The van der Waals surface area contributed by atoms with Gasteiger partial charge in [0.2, 0.25) is 5.78 Å². The van der Waals surface area contributed by atoms with E-state index in [1.165, 1.54) is 12.1 Å². The summed E-state index contributed by atoms with van der Waals surface area (Å²) in [5.41, 5.74) is 3.17. The second-order valence-electron chi connectivity index (χ2n) is 10.1. The number of halogens is 1. The van der Waals surface area contributed by atoms with Crippen LogP contribution in [0.5, 0.6) is 0 Å². The van der Waals surface area contributed by atoms with Gasteiger partial charge in [-0.15, -0.1) is 0 Å². The highest BCUT2D eigenvalue weighted by molar-refractivity contribution is 6.62. The van der Waals surface area contributed by atoms with Crippen LogP contribution in [-0.2, 0) is 20.7 Å². The Kier molecular flexibility index (Phi) is 5.04. The zero-order valence-electron chi connectivity index (χ0n) is 19.2. The molecule has 6 nitrogen and oxygen atoms in total. The normalized spacial score (nSPS) is 24.1. The minimum Gasteiger partial charge on any atom is -0.399 e. The van der Waals surface area contributed by atoms with E-state index < -0.39 is 24.1 Å². The van der Waals surface area contributed by atoms with E-state index in [-0.39, 0.29) is 12.4 Å². The maximum absolute atomic E-state index is 14.8. The smallest absolute Gasteiger partial charge is 0.399 e. The van der Waals surface area contributed by atoms with Crippen molar-refractivity contribution in [3.8, 4) is 0 Å². The van der Waals surface area contributed by atoms with Crippen molar-refractivity contribution in [1.29, 1.82) is 0 Å². The summed E-state index contributed by atoms with van der Waals surface area (Å²) in [4.78, 5) is 17.0. The molecule has 0 bridgehead atoms. The summed E-state index contributed by atoms with van der Waals surface area (Å²) in [6.07, 6.45) is 5.73. The first-order chi connectivity index (χ1) is 15.1. The number of carbonyl (C=O) groups is 1. The Morgan fingerprint density at radius 3 is 2.47 bits per heavy atom. The van der Waals surface area contributed by atoms with Crippen molar-refractivity contribution >= 4 is 24.1 Å². The van der Waals surface area contributed by atoms with E-state index in [9.17, 15) is 14.3 Å². The van der Waals surface area contributed by atoms with Gasteiger partial charge in [-0.05, 0) is 71.0 Å². The van der Waals surface area contributed by atoms with Crippen LogP contribution < -0.4 is 10.4 Å². The van der Waals surface area contributed by atoms with Crippen LogP contribution >= 0.6 is 0 Å². The van der Waals surface area contributed by atoms with Gasteiger partial charge in [-0.3, -0.25) is 4.79 Å². The van der Waals surface area contributed by atoms with E-state index >= 15 is 0 Å². The van der Waals surface area contributed by atoms with Gasteiger partial charge in [-0.2, -0.15) is 0 Å². The Labute approximate surface area is 188 Å². The third kappa shape index (κ3) is 3.23. The fourth-order valence-electron chi connectivity index (χ4n) is 5.10. The number of fused-ring (bicyclic) bond motifs is 2. The van der Waals surface area contributed by atoms with Crippen LogP contribution in [0.1, 0.15) is 58.9 Å². The van der Waals surface area contributed by atoms with Crippen molar-refractivity contribution < 1.29 is 23.6 Å². The second kappa shape index (κ2) is 7.44. The minimum atomic E-state index is -0.785. The number of Topliss-reactive ketones (excluding diaryl/α,β-unsaturated/α-hetero) is 1. The van der Waals surface area contributed by atoms with E-state index in [2.05, 4.69) is 4.90 Å². The molecule has 32 heavy (non-hydrogen) atoms. The third-order valence-electron chi connectivity index (χ3n) is 7.61. The molecule has 1 saturated heterocycles. The average Bonchev–Trinajstić information content (AvgIpc) is 3.16. The number of rotatable bonds is 3. The number of hydrogen-bond acceptors (Lipinski definition) is 6. The van der Waals surface area contributed by atoms with Gasteiger partial charge in [-0.1, -0.05) is 0 Å². The highest BCUT2D eigenvalue weighted by Crippen LogP contribution is 2.41. The Morgan fingerprint density at radius 1 is 1.09 bits per heavy atom. The number of hydrogen-bond donors (Lipinski definition) is 1. The van der Waals surface area contributed by atoms with Gasteiger partial charge in [0.15, 0.2) is 0 Å². The van der Waals surface area contributed by atoms with Crippen LogP contribution in [0, 0.1) is 5.82 Å². The molecule has 1 N–H and O–H groups in total. The number of nitrogens with zero attached hydrogens (tertiary/aromatic N) is 2. The summed E-state index contributed by atoms with van der Waals surface area (Å²) in [6.45, 7) is 8.72. The zero-order valence-corrected chi connectivity index (χ0v) is 19.2. The molecule has 0 atom stereocenters. The van der Waals surface area contributed by atoms with Crippen LogP contribution in [0.4, 0.5) is 10.1 Å². The Balaban J connectivity index is 1.52. The summed E-state index contributed by atoms with van der Waals surface area (Å²) in [5, 5.41) is 10.3. The molecule has 1 aliphatic carbocycles. The first-order valence-electron chi connectivity index (χ1n) is 11.4. The highest BCUT2D eigenvalue weighted by atomic mass is 19.1.